The van der Waals surface area contributed by atoms with E-state index in [2.05, 4.69) is 66.3 Å². The molecule has 69 heavy (non-hydrogen) atoms. The zero-order valence-electron chi connectivity index (χ0n) is 44.6. The molecule has 0 saturated carbocycles. The topological polar surface area (TPSA) is 53.4 Å². The van der Waals surface area contributed by atoms with E-state index in [1.54, 1.807) is 10.5 Å². The second kappa shape index (κ2) is 17.5. The largest absolute Gasteiger partial charge is 0.510 e. The molecule has 0 fully saturated rings. The molecule has 0 N–H and O–H groups in total. The SMILES string of the molecule is [2H]c1c([2H])c([2H])c2c(c1[2H])c1ccc3[c-]c1n2c1cc(C(C)(C)C)c(cn1)c1cccc(c1)oc1cccc(c1)c1cc(C([2H])([2H])C(C)C)cc(-c2ccccc2)c1n1[cH-]n(c2[c-]c(ccc2)o3)-c2ccccc2-1.[Pt]. The maximum absolute atomic E-state index is 9.48. The molecule has 6 nitrogen and oxygen atoms in total. The van der Waals surface area contributed by atoms with Crippen LogP contribution in [0.5, 0.6) is 0 Å². The first-order chi connectivity index (χ1) is 35.5. The number of pyridine rings is 1. The predicted octanol–water partition coefficient (Wildman–Crippen LogP) is 16.5. The van der Waals surface area contributed by atoms with E-state index < -0.39 is 11.8 Å². The molecule has 0 atom stereocenters. The molecule has 4 aromatic heterocycles. The third-order valence-electron chi connectivity index (χ3n) is 12.5. The Kier molecular flexibility index (Phi) is 9.51. The molecule has 1 aliphatic heterocycles. The maximum atomic E-state index is 9.48. The Morgan fingerprint density at radius 1 is 0.667 bits per heavy atom. The summed E-state index contributed by atoms with van der Waals surface area (Å²) in [6, 6.07) is 55.4. The molecule has 0 unspecified atom stereocenters. The molecule has 0 radical (unpaired) electrons. The van der Waals surface area contributed by atoms with Gasteiger partial charge in [-0.1, -0.05) is 149 Å². The predicted molar refractivity (Wildman–Crippen MR) is 281 cm³/mol. The Morgan fingerprint density at radius 3 is 2.12 bits per heavy atom. The Labute approximate surface area is 423 Å². The number of nitrogens with zero attached hydrogens (tertiary/aromatic N) is 4. The fourth-order valence-corrected chi connectivity index (χ4v) is 9.52. The van der Waals surface area contributed by atoms with E-state index in [4.69, 9.17) is 17.9 Å². The van der Waals surface area contributed by atoms with Gasteiger partial charge in [0.1, 0.15) is 16.8 Å². The van der Waals surface area contributed by atoms with Crippen LogP contribution >= 0.6 is 0 Å². The molecule has 0 saturated heterocycles. The number of imidazole rings is 1. The Morgan fingerprint density at radius 2 is 1.36 bits per heavy atom. The molecule has 0 spiro atoms. The van der Waals surface area contributed by atoms with Crippen LogP contribution in [-0.4, -0.2) is 18.5 Å². The minimum absolute atomic E-state index is 0. The van der Waals surface area contributed by atoms with Crippen molar-refractivity contribution >= 4 is 82.4 Å². The summed E-state index contributed by atoms with van der Waals surface area (Å²) < 4.78 is 74.3. The number of benzene rings is 8. The van der Waals surface area contributed by atoms with Gasteiger partial charge in [-0.2, -0.15) is 24.3 Å². The summed E-state index contributed by atoms with van der Waals surface area (Å²) in [5, 5.41) is 4.31. The zero-order valence-corrected chi connectivity index (χ0v) is 40.9. The smallest absolute Gasteiger partial charge is 0.135 e. The minimum Gasteiger partial charge on any atom is -0.510 e. The molecule has 13 rings (SSSR count). The van der Waals surface area contributed by atoms with E-state index in [9.17, 15) is 4.11 Å². The third kappa shape index (κ3) is 8.03. The summed E-state index contributed by atoms with van der Waals surface area (Å²) in [4.78, 5) is 5.07. The average Bonchev–Trinajstić information content (AvgIpc) is 3.98. The summed E-state index contributed by atoms with van der Waals surface area (Å²) in [6.45, 7) is 10.2. The number of aromatic nitrogens is 4. The first-order valence-electron chi connectivity index (χ1n) is 25.9. The normalized spacial score (nSPS) is 13.4. The van der Waals surface area contributed by atoms with Gasteiger partial charge in [-0.25, -0.2) is 4.98 Å². The van der Waals surface area contributed by atoms with Gasteiger partial charge in [0.15, 0.2) is 0 Å². The van der Waals surface area contributed by atoms with Gasteiger partial charge >= 0.3 is 0 Å². The molecule has 5 heterocycles. The van der Waals surface area contributed by atoms with Gasteiger partial charge in [0.05, 0.1) is 5.48 Å². The van der Waals surface area contributed by atoms with Crippen molar-refractivity contribution in [3.8, 4) is 22.5 Å². The van der Waals surface area contributed by atoms with Crippen molar-refractivity contribution in [2.24, 2.45) is 5.92 Å². The Hall–Kier alpha value is -7.53. The quantitative estimate of drug-likeness (QED) is 0.166. The van der Waals surface area contributed by atoms with Gasteiger partial charge in [-0.05, 0) is 115 Å². The maximum Gasteiger partial charge on any atom is 0.135 e. The Bertz CT molecular complexity index is 4440. The van der Waals surface area contributed by atoms with E-state index in [0.29, 0.717) is 55.3 Å². The molecule has 1 aliphatic rings. The van der Waals surface area contributed by atoms with Crippen molar-refractivity contribution in [2.45, 2.75) is 46.4 Å². The van der Waals surface area contributed by atoms with Gasteiger partial charge in [0.25, 0.3) is 0 Å². The first-order valence-corrected chi connectivity index (χ1v) is 22.9. The summed E-state index contributed by atoms with van der Waals surface area (Å²) in [5.41, 5.74) is 9.36. The van der Waals surface area contributed by atoms with Crippen LogP contribution in [0, 0.1) is 18.1 Å². The van der Waals surface area contributed by atoms with Gasteiger partial charge in [-0.15, -0.1) is 29.1 Å². The Balaban J connectivity index is 0.00000602. The number of rotatable bonds is 3. The molecular formula is C62H49N4O2Pt-3. The monoisotopic (exact) mass is 1080 g/mol. The average molecular weight is 1080 g/mol. The van der Waals surface area contributed by atoms with Crippen LogP contribution in [0.3, 0.4) is 0 Å². The van der Waals surface area contributed by atoms with Crippen molar-refractivity contribution < 1.29 is 38.1 Å². The van der Waals surface area contributed by atoms with E-state index in [1.807, 2.05) is 148 Å². The molecule has 0 amide bonds. The number of para-hydroxylation sites is 3. The van der Waals surface area contributed by atoms with Crippen molar-refractivity contribution in [2.75, 3.05) is 0 Å². The standard InChI is InChI=1S/C62H49N4O2.Pt/c1-40(2)30-41-31-52(42-16-7-6-8-17-42)61-53(32-41)43-18-13-21-46(33-43)67-47-22-14-19-44(34-47)54-38-63-60(37-55(54)62(3,4)5)66-56-25-10-9-24-50(56)51-29-28-49(36-59(51)66)68-48-23-15-20-45(35-48)64-39-65(61)58-27-12-11-26-57(58)64;/h6-29,31-34,37-40H,30H2,1-5H3;/q-3;/i9D,10D,24D,25D,30D2;. The summed E-state index contributed by atoms with van der Waals surface area (Å²) >= 11 is 0. The van der Waals surface area contributed by atoms with Crippen molar-refractivity contribution in [3.63, 3.8) is 0 Å². The number of fused-ring (bicyclic) bond motifs is 5. The molecule has 0 aliphatic carbocycles. The van der Waals surface area contributed by atoms with Crippen LogP contribution in [0.15, 0.2) is 197 Å². The van der Waals surface area contributed by atoms with Crippen LogP contribution in [-0.2, 0) is 32.9 Å². The molecule has 12 bridgehead atoms. The summed E-state index contributed by atoms with van der Waals surface area (Å²) in [7, 11) is 0. The minimum atomic E-state index is -1.68. The van der Waals surface area contributed by atoms with E-state index in [0.717, 1.165) is 55.1 Å². The van der Waals surface area contributed by atoms with Crippen LogP contribution in [0.2, 0.25) is 0 Å². The van der Waals surface area contributed by atoms with E-state index in [-0.39, 0.29) is 56.7 Å². The fourth-order valence-electron chi connectivity index (χ4n) is 9.52. The molecule has 8 aromatic carbocycles. The van der Waals surface area contributed by atoms with Crippen LogP contribution in [0.25, 0.3) is 105 Å². The van der Waals surface area contributed by atoms with Crippen molar-refractivity contribution in [3.05, 3.63) is 212 Å². The van der Waals surface area contributed by atoms with Crippen molar-refractivity contribution in [1.29, 1.82) is 0 Å². The van der Waals surface area contributed by atoms with Crippen LogP contribution < -0.4 is 0 Å². The van der Waals surface area contributed by atoms with Gasteiger partial charge < -0.3 is 22.4 Å². The van der Waals surface area contributed by atoms with Crippen molar-refractivity contribution in [1.82, 2.24) is 18.5 Å². The molecular weight excluding hydrogens is 1030 g/mol. The molecule has 342 valence electrons. The van der Waals surface area contributed by atoms with Gasteiger partial charge in [0, 0.05) is 58.4 Å². The van der Waals surface area contributed by atoms with E-state index in [1.165, 1.54) is 0 Å². The zero-order chi connectivity index (χ0) is 51.4. The third-order valence-corrected chi connectivity index (χ3v) is 12.5. The fraction of sp³-hybridized carbons (Fsp3) is 0.129. The second-order valence-electron chi connectivity index (χ2n) is 18.6. The second-order valence-corrected chi connectivity index (χ2v) is 18.6. The summed E-state index contributed by atoms with van der Waals surface area (Å²) in [6.07, 6.45) is 2.19. The van der Waals surface area contributed by atoms with Gasteiger partial charge in [-0.3, -0.25) is 0 Å². The number of hydrogen-bond acceptors (Lipinski definition) is 3. The first kappa shape index (κ1) is 37.5. The van der Waals surface area contributed by atoms with Gasteiger partial charge in [0.2, 0.25) is 0 Å². The summed E-state index contributed by atoms with van der Waals surface area (Å²) in [5.74, 6) is -0.323. The molecule has 12 aromatic rings. The van der Waals surface area contributed by atoms with E-state index >= 15 is 0 Å². The number of hydrogen-bond donors (Lipinski definition) is 0. The molecule has 7 heteroatoms. The van der Waals surface area contributed by atoms with Crippen LogP contribution in [0.4, 0.5) is 0 Å². The van der Waals surface area contributed by atoms with Crippen LogP contribution in [0.1, 0.15) is 54.0 Å².